The number of benzene rings is 3. The molecule has 1 aliphatic carbocycles. The summed E-state index contributed by atoms with van der Waals surface area (Å²) < 4.78 is 0. The molecule has 0 aromatic heterocycles. The molecular formula is C32H37N3O2. The van der Waals surface area contributed by atoms with E-state index in [1.807, 2.05) is 19.2 Å². The molecule has 37 heavy (non-hydrogen) atoms. The zero-order valence-electron chi connectivity index (χ0n) is 21.7. The minimum absolute atomic E-state index is 0.00432. The summed E-state index contributed by atoms with van der Waals surface area (Å²) in [6.45, 7) is 2.31. The smallest absolute Gasteiger partial charge is 0.244 e. The van der Waals surface area contributed by atoms with Crippen molar-refractivity contribution in [2.45, 2.75) is 38.1 Å². The van der Waals surface area contributed by atoms with E-state index in [-0.39, 0.29) is 23.7 Å². The number of carbonyl (C=O) groups excluding carboxylic acids is 2. The Morgan fingerprint density at radius 1 is 0.973 bits per heavy atom. The van der Waals surface area contributed by atoms with Crippen LogP contribution in [-0.4, -0.2) is 49.4 Å². The van der Waals surface area contributed by atoms with Crippen molar-refractivity contribution in [3.05, 3.63) is 82.7 Å². The summed E-state index contributed by atoms with van der Waals surface area (Å²) in [5.41, 5.74) is 1.21. The molecule has 0 bridgehead atoms. The molecule has 1 aliphatic heterocycles. The van der Waals surface area contributed by atoms with Crippen LogP contribution in [0.2, 0.25) is 0 Å². The Morgan fingerprint density at radius 3 is 2.51 bits per heavy atom. The molecule has 1 saturated heterocycles. The summed E-state index contributed by atoms with van der Waals surface area (Å²) in [6, 6.07) is 22.7. The van der Waals surface area contributed by atoms with E-state index in [2.05, 4.69) is 77.4 Å². The summed E-state index contributed by atoms with van der Waals surface area (Å²) in [5.74, 6) is 0.200. The van der Waals surface area contributed by atoms with Crippen molar-refractivity contribution in [3.8, 4) is 0 Å². The maximum atomic E-state index is 13.7. The summed E-state index contributed by atoms with van der Waals surface area (Å²) in [4.78, 5) is 28.6. The first-order valence-electron chi connectivity index (χ1n) is 13.6. The molecule has 192 valence electrons. The van der Waals surface area contributed by atoms with Crippen LogP contribution in [0.25, 0.3) is 22.9 Å². The van der Waals surface area contributed by atoms with Gasteiger partial charge in [-0.1, -0.05) is 78.9 Å². The van der Waals surface area contributed by atoms with Gasteiger partial charge in [-0.15, -0.1) is 0 Å². The van der Waals surface area contributed by atoms with E-state index in [1.54, 1.807) is 4.90 Å². The van der Waals surface area contributed by atoms with Gasteiger partial charge >= 0.3 is 0 Å². The number of rotatable bonds is 8. The van der Waals surface area contributed by atoms with Crippen molar-refractivity contribution in [1.82, 2.24) is 15.5 Å². The van der Waals surface area contributed by atoms with Crippen LogP contribution < -0.4 is 21.1 Å². The van der Waals surface area contributed by atoms with Crippen LogP contribution in [0.15, 0.2) is 66.7 Å². The minimum atomic E-state index is -0.524. The van der Waals surface area contributed by atoms with Crippen LogP contribution in [0.5, 0.6) is 0 Å². The summed E-state index contributed by atoms with van der Waals surface area (Å²) in [6.07, 6.45) is 8.42. The number of carbonyl (C=O) groups is 2. The number of hydrogen-bond acceptors (Lipinski definition) is 3. The quantitative estimate of drug-likeness (QED) is 0.505. The number of nitrogens with one attached hydrogen (secondary N) is 2. The molecule has 2 aliphatic rings. The predicted molar refractivity (Wildman–Crippen MR) is 150 cm³/mol. The van der Waals surface area contributed by atoms with Gasteiger partial charge in [-0.3, -0.25) is 9.59 Å². The van der Waals surface area contributed by atoms with E-state index >= 15 is 0 Å². The second-order valence-corrected chi connectivity index (χ2v) is 10.5. The molecule has 0 spiro atoms. The fraction of sp³-hybridized carbons (Fsp3) is 0.375. The molecule has 2 atom stereocenters. The Bertz CT molecular complexity index is 1380. The van der Waals surface area contributed by atoms with Crippen molar-refractivity contribution in [3.63, 3.8) is 0 Å². The maximum Gasteiger partial charge on any atom is 0.244 e. The van der Waals surface area contributed by atoms with Gasteiger partial charge < -0.3 is 15.5 Å². The van der Waals surface area contributed by atoms with Crippen LogP contribution >= 0.6 is 0 Å². The van der Waals surface area contributed by atoms with E-state index < -0.39 is 6.04 Å². The number of nitrogens with zero attached hydrogens (tertiary/aromatic N) is 1. The van der Waals surface area contributed by atoms with Crippen LogP contribution in [-0.2, 0) is 16.0 Å². The number of hydrogen-bond donors (Lipinski definition) is 2. The molecule has 1 heterocycles. The Morgan fingerprint density at radius 2 is 1.70 bits per heavy atom. The van der Waals surface area contributed by atoms with E-state index in [1.165, 1.54) is 26.8 Å². The number of piperidine rings is 1. The molecule has 5 rings (SSSR count). The van der Waals surface area contributed by atoms with Crippen molar-refractivity contribution >= 4 is 34.7 Å². The SMILES string of the molecule is CN(CCc1ccc2ccccc2c1)C(=O)C(CC1C=c2ccccc2=CC1)NC(=O)C1CCNCC1. The van der Waals surface area contributed by atoms with Gasteiger partial charge in [0.2, 0.25) is 11.8 Å². The maximum absolute atomic E-state index is 13.7. The lowest BCUT2D eigenvalue weighted by Crippen LogP contribution is -2.51. The molecular weight excluding hydrogens is 458 g/mol. The van der Waals surface area contributed by atoms with Crippen molar-refractivity contribution < 1.29 is 9.59 Å². The summed E-state index contributed by atoms with van der Waals surface area (Å²) >= 11 is 0. The first-order chi connectivity index (χ1) is 18.1. The van der Waals surface area contributed by atoms with Crippen LogP contribution in [0, 0.1) is 11.8 Å². The van der Waals surface area contributed by atoms with Crippen molar-refractivity contribution in [2.75, 3.05) is 26.7 Å². The average molecular weight is 496 g/mol. The van der Waals surface area contributed by atoms with E-state index in [0.717, 1.165) is 38.8 Å². The standard InChI is InChI=1S/C32H37N3O2/c1-35(19-16-23-10-12-25-6-2-4-8-28(25)20-23)32(37)30(34-31(36)27-14-17-33-18-15-27)22-24-11-13-26-7-3-5-9-29(26)21-24/h2-10,12-13,20-21,24,27,30,33H,11,14-19,22H2,1H3,(H,34,36). The summed E-state index contributed by atoms with van der Waals surface area (Å²) in [5, 5.41) is 11.4. The zero-order chi connectivity index (χ0) is 25.6. The van der Waals surface area contributed by atoms with Crippen LogP contribution in [0.4, 0.5) is 0 Å². The molecule has 2 amide bonds. The van der Waals surface area contributed by atoms with Crippen LogP contribution in [0.3, 0.4) is 0 Å². The van der Waals surface area contributed by atoms with Gasteiger partial charge in [0.15, 0.2) is 0 Å². The van der Waals surface area contributed by atoms with Crippen LogP contribution in [0.1, 0.15) is 31.2 Å². The fourth-order valence-electron chi connectivity index (χ4n) is 5.58. The third kappa shape index (κ3) is 6.28. The molecule has 0 saturated carbocycles. The molecule has 3 aromatic carbocycles. The van der Waals surface area contributed by atoms with Crippen molar-refractivity contribution in [2.24, 2.45) is 11.8 Å². The highest BCUT2D eigenvalue weighted by Gasteiger charge is 2.30. The van der Waals surface area contributed by atoms with Gasteiger partial charge in [-0.05, 0) is 77.9 Å². The Balaban J connectivity index is 1.28. The molecule has 1 fully saturated rings. The largest absolute Gasteiger partial charge is 0.344 e. The monoisotopic (exact) mass is 495 g/mol. The Kier molecular flexibility index (Phi) is 8.00. The topological polar surface area (TPSA) is 61.4 Å². The lowest BCUT2D eigenvalue weighted by atomic mass is 9.90. The van der Waals surface area contributed by atoms with Gasteiger partial charge in [0.25, 0.3) is 0 Å². The molecule has 2 unspecified atom stereocenters. The first-order valence-corrected chi connectivity index (χ1v) is 13.6. The van der Waals surface area contributed by atoms with Gasteiger partial charge in [0, 0.05) is 19.5 Å². The summed E-state index contributed by atoms with van der Waals surface area (Å²) in [7, 11) is 1.86. The molecule has 5 heteroatoms. The highest BCUT2D eigenvalue weighted by atomic mass is 16.2. The highest BCUT2D eigenvalue weighted by Crippen LogP contribution is 2.20. The van der Waals surface area contributed by atoms with Gasteiger partial charge in [-0.2, -0.15) is 0 Å². The van der Waals surface area contributed by atoms with Crippen molar-refractivity contribution in [1.29, 1.82) is 0 Å². The molecule has 3 aromatic rings. The number of likely N-dealkylation sites (N-methyl/N-ethyl adjacent to an activating group) is 1. The lowest BCUT2D eigenvalue weighted by Gasteiger charge is -2.29. The second-order valence-electron chi connectivity index (χ2n) is 10.5. The zero-order valence-corrected chi connectivity index (χ0v) is 21.7. The Hall–Kier alpha value is -3.44. The third-order valence-corrected chi connectivity index (χ3v) is 7.84. The average Bonchev–Trinajstić information content (AvgIpc) is 2.95. The number of amides is 2. The van der Waals surface area contributed by atoms with E-state index in [4.69, 9.17) is 0 Å². The molecule has 2 N–H and O–H groups in total. The van der Waals surface area contributed by atoms with Gasteiger partial charge in [-0.25, -0.2) is 0 Å². The minimum Gasteiger partial charge on any atom is -0.344 e. The lowest BCUT2D eigenvalue weighted by molar-refractivity contribution is -0.137. The Labute approximate surface area is 219 Å². The highest BCUT2D eigenvalue weighted by molar-refractivity contribution is 5.88. The third-order valence-electron chi connectivity index (χ3n) is 7.84. The van der Waals surface area contributed by atoms with Gasteiger partial charge in [0.05, 0.1) is 0 Å². The van der Waals surface area contributed by atoms with Gasteiger partial charge in [0.1, 0.15) is 6.04 Å². The molecule has 5 nitrogen and oxygen atoms in total. The normalized spacial score (nSPS) is 18.2. The number of fused-ring (bicyclic) bond motifs is 2. The molecule has 0 radical (unpaired) electrons. The second kappa shape index (κ2) is 11.7. The first kappa shape index (κ1) is 25.2. The predicted octanol–water partition coefficient (Wildman–Crippen LogP) is 3.00. The van der Waals surface area contributed by atoms with E-state index in [0.29, 0.717) is 13.0 Å². The fourth-order valence-corrected chi connectivity index (χ4v) is 5.58. The van der Waals surface area contributed by atoms with E-state index in [9.17, 15) is 9.59 Å².